The Morgan fingerprint density at radius 2 is 2.28 bits per heavy atom. The molecule has 5 nitrogen and oxygen atoms in total. The third-order valence-electron chi connectivity index (χ3n) is 2.90. The van der Waals surface area contributed by atoms with E-state index < -0.39 is 5.97 Å². The fourth-order valence-corrected chi connectivity index (χ4v) is 1.95. The van der Waals surface area contributed by atoms with Crippen LogP contribution < -0.4 is 0 Å². The van der Waals surface area contributed by atoms with E-state index in [1.165, 1.54) is 11.0 Å². The molecule has 0 aromatic carbocycles. The number of nitrogens with zero attached hydrogens (tertiary/aromatic N) is 2. The Morgan fingerprint density at radius 3 is 2.83 bits per heavy atom. The van der Waals surface area contributed by atoms with E-state index in [1.54, 1.807) is 6.07 Å². The van der Waals surface area contributed by atoms with Crippen LogP contribution in [0.25, 0.3) is 0 Å². The smallest absolute Gasteiger partial charge is 0.323 e. The SMILES string of the molecule is C=CCN(CC(=O)O)C(=O)c1cccn1C1CC1. The van der Waals surface area contributed by atoms with E-state index in [-0.39, 0.29) is 19.0 Å². The fraction of sp³-hybridized carbons (Fsp3) is 0.385. The molecule has 1 aromatic rings. The van der Waals surface area contributed by atoms with Crippen LogP contribution in [-0.2, 0) is 4.79 Å². The minimum absolute atomic E-state index is 0.237. The van der Waals surface area contributed by atoms with Crippen molar-refractivity contribution in [1.29, 1.82) is 0 Å². The first kappa shape index (κ1) is 12.4. The van der Waals surface area contributed by atoms with Gasteiger partial charge in [-0.2, -0.15) is 0 Å². The van der Waals surface area contributed by atoms with E-state index in [0.29, 0.717) is 11.7 Å². The van der Waals surface area contributed by atoms with Gasteiger partial charge in [0.1, 0.15) is 12.2 Å². The second-order valence-electron chi connectivity index (χ2n) is 4.40. The maximum atomic E-state index is 12.3. The molecule has 1 saturated carbocycles. The van der Waals surface area contributed by atoms with Crippen LogP contribution in [0.2, 0.25) is 0 Å². The van der Waals surface area contributed by atoms with Crippen LogP contribution in [0.4, 0.5) is 0 Å². The maximum absolute atomic E-state index is 12.3. The normalized spacial score (nSPS) is 14.2. The summed E-state index contributed by atoms with van der Waals surface area (Å²) >= 11 is 0. The largest absolute Gasteiger partial charge is 0.480 e. The van der Waals surface area contributed by atoms with Crippen molar-refractivity contribution in [2.75, 3.05) is 13.1 Å². The van der Waals surface area contributed by atoms with Gasteiger partial charge in [-0.25, -0.2) is 0 Å². The minimum Gasteiger partial charge on any atom is -0.480 e. The lowest BCUT2D eigenvalue weighted by molar-refractivity contribution is -0.137. The van der Waals surface area contributed by atoms with Gasteiger partial charge in [-0.3, -0.25) is 9.59 Å². The molecule has 0 aliphatic heterocycles. The van der Waals surface area contributed by atoms with Crippen molar-refractivity contribution in [3.63, 3.8) is 0 Å². The zero-order chi connectivity index (χ0) is 13.1. The van der Waals surface area contributed by atoms with Crippen molar-refractivity contribution in [2.24, 2.45) is 0 Å². The molecular formula is C13H16N2O3. The van der Waals surface area contributed by atoms with Crippen LogP contribution in [-0.4, -0.2) is 39.5 Å². The molecule has 1 aromatic heterocycles. The predicted molar refractivity (Wildman–Crippen MR) is 66.4 cm³/mol. The van der Waals surface area contributed by atoms with Crippen LogP contribution in [0, 0.1) is 0 Å². The average Bonchev–Trinajstić information content (AvgIpc) is 3.05. The van der Waals surface area contributed by atoms with Gasteiger partial charge in [-0.15, -0.1) is 6.58 Å². The molecule has 0 spiro atoms. The molecule has 1 N–H and O–H groups in total. The topological polar surface area (TPSA) is 62.5 Å². The fourth-order valence-electron chi connectivity index (χ4n) is 1.95. The highest BCUT2D eigenvalue weighted by Crippen LogP contribution is 2.36. The van der Waals surface area contributed by atoms with Gasteiger partial charge in [-0.05, 0) is 25.0 Å². The molecule has 0 saturated heterocycles. The van der Waals surface area contributed by atoms with Crippen molar-refractivity contribution in [3.8, 4) is 0 Å². The number of carboxylic acids is 1. The highest BCUT2D eigenvalue weighted by molar-refractivity contribution is 5.94. The van der Waals surface area contributed by atoms with Gasteiger partial charge >= 0.3 is 5.97 Å². The number of aliphatic carboxylic acids is 1. The quantitative estimate of drug-likeness (QED) is 0.777. The summed E-state index contributed by atoms with van der Waals surface area (Å²) in [7, 11) is 0. The lowest BCUT2D eigenvalue weighted by Crippen LogP contribution is -2.36. The summed E-state index contributed by atoms with van der Waals surface area (Å²) < 4.78 is 1.93. The van der Waals surface area contributed by atoms with E-state index in [0.717, 1.165) is 12.8 Å². The number of carboxylic acid groups (broad SMARTS) is 1. The molecular weight excluding hydrogens is 232 g/mol. The van der Waals surface area contributed by atoms with Crippen LogP contribution in [0.15, 0.2) is 31.0 Å². The number of rotatable bonds is 6. The second kappa shape index (κ2) is 5.08. The predicted octanol–water partition coefficient (Wildman–Crippen LogP) is 1.54. The number of amides is 1. The molecule has 1 fully saturated rings. The van der Waals surface area contributed by atoms with Gasteiger partial charge in [0.05, 0.1) is 0 Å². The van der Waals surface area contributed by atoms with E-state index in [9.17, 15) is 9.59 Å². The number of carbonyl (C=O) groups is 2. The Bertz CT molecular complexity index is 474. The molecule has 96 valence electrons. The lowest BCUT2D eigenvalue weighted by Gasteiger charge is -2.19. The second-order valence-corrected chi connectivity index (χ2v) is 4.40. The molecule has 0 unspecified atom stereocenters. The Labute approximate surface area is 105 Å². The number of hydrogen-bond donors (Lipinski definition) is 1. The summed E-state index contributed by atoms with van der Waals surface area (Å²) in [6.07, 6.45) is 5.56. The van der Waals surface area contributed by atoms with E-state index >= 15 is 0 Å². The molecule has 1 heterocycles. The molecule has 0 atom stereocenters. The number of aromatic nitrogens is 1. The van der Waals surface area contributed by atoms with Crippen LogP contribution in [0.5, 0.6) is 0 Å². The van der Waals surface area contributed by atoms with Crippen molar-refractivity contribution >= 4 is 11.9 Å². The average molecular weight is 248 g/mol. The summed E-state index contributed by atoms with van der Waals surface area (Å²) in [4.78, 5) is 24.3. The van der Waals surface area contributed by atoms with Crippen molar-refractivity contribution in [3.05, 3.63) is 36.7 Å². The van der Waals surface area contributed by atoms with Gasteiger partial charge in [0.15, 0.2) is 0 Å². The van der Waals surface area contributed by atoms with Crippen molar-refractivity contribution in [1.82, 2.24) is 9.47 Å². The molecule has 5 heteroatoms. The molecule has 0 bridgehead atoms. The summed E-state index contributed by atoms with van der Waals surface area (Å²) in [5.41, 5.74) is 0.556. The lowest BCUT2D eigenvalue weighted by atomic mass is 10.3. The highest BCUT2D eigenvalue weighted by Gasteiger charge is 2.28. The van der Waals surface area contributed by atoms with Gasteiger partial charge in [0, 0.05) is 18.8 Å². The van der Waals surface area contributed by atoms with Crippen molar-refractivity contribution in [2.45, 2.75) is 18.9 Å². The summed E-state index contributed by atoms with van der Waals surface area (Å²) in [5, 5.41) is 8.81. The van der Waals surface area contributed by atoms with E-state index in [1.807, 2.05) is 16.8 Å². The van der Waals surface area contributed by atoms with Gasteiger partial charge < -0.3 is 14.6 Å². The zero-order valence-corrected chi connectivity index (χ0v) is 10.1. The number of hydrogen-bond acceptors (Lipinski definition) is 2. The first-order valence-electron chi connectivity index (χ1n) is 5.92. The van der Waals surface area contributed by atoms with Crippen LogP contribution >= 0.6 is 0 Å². The van der Waals surface area contributed by atoms with Crippen molar-refractivity contribution < 1.29 is 14.7 Å². The Morgan fingerprint density at radius 1 is 1.56 bits per heavy atom. The summed E-state index contributed by atoms with van der Waals surface area (Å²) in [5.74, 6) is -1.27. The first-order valence-corrected chi connectivity index (χ1v) is 5.92. The van der Waals surface area contributed by atoms with Gasteiger partial charge in [0.25, 0.3) is 5.91 Å². The van der Waals surface area contributed by atoms with E-state index in [2.05, 4.69) is 6.58 Å². The third-order valence-corrected chi connectivity index (χ3v) is 2.90. The van der Waals surface area contributed by atoms with E-state index in [4.69, 9.17) is 5.11 Å². The minimum atomic E-state index is -1.02. The first-order chi connectivity index (χ1) is 8.63. The molecule has 0 radical (unpaired) electrons. The molecule has 18 heavy (non-hydrogen) atoms. The summed E-state index contributed by atoms with van der Waals surface area (Å²) in [6, 6.07) is 3.95. The Balaban J connectivity index is 2.18. The highest BCUT2D eigenvalue weighted by atomic mass is 16.4. The molecule has 1 aliphatic rings. The monoisotopic (exact) mass is 248 g/mol. The molecule has 1 aliphatic carbocycles. The zero-order valence-electron chi connectivity index (χ0n) is 10.1. The Kier molecular flexibility index (Phi) is 3.50. The Hall–Kier alpha value is -2.04. The summed E-state index contributed by atoms with van der Waals surface area (Å²) in [6.45, 7) is 3.48. The van der Waals surface area contributed by atoms with Gasteiger partial charge in [0.2, 0.25) is 0 Å². The maximum Gasteiger partial charge on any atom is 0.323 e. The van der Waals surface area contributed by atoms with Gasteiger partial charge in [-0.1, -0.05) is 6.08 Å². The molecule has 1 amide bonds. The van der Waals surface area contributed by atoms with Crippen LogP contribution in [0.3, 0.4) is 0 Å². The van der Waals surface area contributed by atoms with Crippen LogP contribution in [0.1, 0.15) is 29.4 Å². The number of carbonyl (C=O) groups excluding carboxylic acids is 1. The molecule has 2 rings (SSSR count). The standard InChI is InChI=1S/C13H16N2O3/c1-2-7-14(9-12(16)17)13(18)11-4-3-8-15(11)10-5-6-10/h2-4,8,10H,1,5-7,9H2,(H,16,17). The third kappa shape index (κ3) is 2.61.